The molecule has 0 bridgehead atoms. The minimum absolute atomic E-state index is 0.127. The molecule has 0 aliphatic heterocycles. The second-order valence-corrected chi connectivity index (χ2v) is 5.24. The Kier molecular flexibility index (Phi) is 6.91. The SMILES string of the molecule is CCCCCCC(C)Oc1ccc(/C(N)=N/O)c(C)c1. The number of amidine groups is 1. The molecule has 20 heavy (non-hydrogen) atoms. The maximum Gasteiger partial charge on any atom is 0.170 e. The van der Waals surface area contributed by atoms with Crippen molar-refractivity contribution >= 4 is 5.84 Å². The van der Waals surface area contributed by atoms with Crippen LogP contribution in [0.15, 0.2) is 23.4 Å². The molecule has 0 aliphatic carbocycles. The van der Waals surface area contributed by atoms with Gasteiger partial charge in [-0.2, -0.15) is 0 Å². The highest BCUT2D eigenvalue weighted by atomic mass is 16.5. The van der Waals surface area contributed by atoms with Crippen LogP contribution in [0.1, 0.15) is 57.1 Å². The fraction of sp³-hybridized carbons (Fsp3) is 0.562. The predicted molar refractivity (Wildman–Crippen MR) is 82.5 cm³/mol. The van der Waals surface area contributed by atoms with Crippen LogP contribution < -0.4 is 10.5 Å². The molecule has 0 spiro atoms. The summed E-state index contributed by atoms with van der Waals surface area (Å²) >= 11 is 0. The Morgan fingerprint density at radius 2 is 2.10 bits per heavy atom. The van der Waals surface area contributed by atoms with Gasteiger partial charge in [0.15, 0.2) is 5.84 Å². The Labute approximate surface area is 121 Å². The van der Waals surface area contributed by atoms with Crippen molar-refractivity contribution in [1.29, 1.82) is 0 Å². The van der Waals surface area contributed by atoms with E-state index in [1.54, 1.807) is 0 Å². The minimum Gasteiger partial charge on any atom is -0.491 e. The van der Waals surface area contributed by atoms with Crippen molar-refractivity contribution in [2.45, 2.75) is 59.0 Å². The summed E-state index contributed by atoms with van der Waals surface area (Å²) in [5.41, 5.74) is 7.27. The summed E-state index contributed by atoms with van der Waals surface area (Å²) in [7, 11) is 0. The van der Waals surface area contributed by atoms with Gasteiger partial charge in [0.05, 0.1) is 6.10 Å². The Hall–Kier alpha value is -1.71. The smallest absolute Gasteiger partial charge is 0.170 e. The van der Waals surface area contributed by atoms with Gasteiger partial charge < -0.3 is 15.7 Å². The molecule has 1 aromatic rings. The van der Waals surface area contributed by atoms with E-state index in [4.69, 9.17) is 15.7 Å². The molecule has 1 unspecified atom stereocenters. The molecule has 1 rings (SSSR count). The van der Waals surface area contributed by atoms with Crippen LogP contribution in [-0.4, -0.2) is 17.1 Å². The largest absolute Gasteiger partial charge is 0.491 e. The van der Waals surface area contributed by atoms with Crippen molar-refractivity contribution in [3.63, 3.8) is 0 Å². The van der Waals surface area contributed by atoms with E-state index in [2.05, 4.69) is 19.0 Å². The van der Waals surface area contributed by atoms with Gasteiger partial charge in [0.2, 0.25) is 0 Å². The van der Waals surface area contributed by atoms with Crippen LogP contribution >= 0.6 is 0 Å². The van der Waals surface area contributed by atoms with Crippen LogP contribution in [0.2, 0.25) is 0 Å². The molecule has 0 radical (unpaired) electrons. The highest BCUT2D eigenvalue weighted by Crippen LogP contribution is 2.20. The van der Waals surface area contributed by atoms with E-state index in [1.165, 1.54) is 25.7 Å². The van der Waals surface area contributed by atoms with E-state index in [9.17, 15) is 0 Å². The van der Waals surface area contributed by atoms with Gasteiger partial charge in [0.25, 0.3) is 0 Å². The molecular weight excluding hydrogens is 252 g/mol. The first-order valence-electron chi connectivity index (χ1n) is 7.33. The lowest BCUT2D eigenvalue weighted by atomic mass is 10.1. The lowest BCUT2D eigenvalue weighted by Crippen LogP contribution is -2.15. The molecule has 1 aromatic carbocycles. The highest BCUT2D eigenvalue weighted by Gasteiger charge is 2.08. The normalized spacial score (nSPS) is 13.2. The zero-order chi connectivity index (χ0) is 15.0. The minimum atomic E-state index is 0.127. The van der Waals surface area contributed by atoms with Crippen molar-refractivity contribution in [2.24, 2.45) is 10.9 Å². The van der Waals surface area contributed by atoms with E-state index in [1.807, 2.05) is 25.1 Å². The predicted octanol–water partition coefficient (Wildman–Crippen LogP) is 3.83. The number of hydrogen-bond donors (Lipinski definition) is 2. The fourth-order valence-electron chi connectivity index (χ4n) is 2.20. The maximum atomic E-state index is 8.70. The van der Waals surface area contributed by atoms with Crippen molar-refractivity contribution in [3.05, 3.63) is 29.3 Å². The second-order valence-electron chi connectivity index (χ2n) is 5.24. The first-order valence-corrected chi connectivity index (χ1v) is 7.33. The third-order valence-electron chi connectivity index (χ3n) is 3.38. The van der Waals surface area contributed by atoms with Crippen molar-refractivity contribution in [3.8, 4) is 5.75 Å². The molecule has 4 heteroatoms. The van der Waals surface area contributed by atoms with Crippen LogP contribution in [-0.2, 0) is 0 Å². The molecule has 0 fully saturated rings. The third kappa shape index (κ3) is 5.11. The molecule has 0 heterocycles. The van der Waals surface area contributed by atoms with E-state index >= 15 is 0 Å². The van der Waals surface area contributed by atoms with Gasteiger partial charge in [0.1, 0.15) is 5.75 Å². The van der Waals surface area contributed by atoms with Gasteiger partial charge >= 0.3 is 0 Å². The Balaban J connectivity index is 2.54. The third-order valence-corrected chi connectivity index (χ3v) is 3.38. The van der Waals surface area contributed by atoms with Gasteiger partial charge in [0, 0.05) is 5.56 Å². The molecule has 0 aliphatic rings. The number of rotatable bonds is 8. The summed E-state index contributed by atoms with van der Waals surface area (Å²) in [5.74, 6) is 0.960. The van der Waals surface area contributed by atoms with E-state index in [-0.39, 0.29) is 11.9 Å². The van der Waals surface area contributed by atoms with E-state index < -0.39 is 0 Å². The first kappa shape index (κ1) is 16.3. The highest BCUT2D eigenvalue weighted by molar-refractivity contribution is 5.98. The van der Waals surface area contributed by atoms with Crippen LogP contribution in [0.3, 0.4) is 0 Å². The number of ether oxygens (including phenoxy) is 1. The summed E-state index contributed by atoms with van der Waals surface area (Å²) in [6.07, 6.45) is 6.30. The van der Waals surface area contributed by atoms with Crippen LogP contribution in [0.4, 0.5) is 0 Å². The van der Waals surface area contributed by atoms with Gasteiger partial charge in [-0.25, -0.2) is 0 Å². The number of aryl methyl sites for hydroxylation is 1. The number of nitrogens with two attached hydrogens (primary N) is 1. The number of benzene rings is 1. The number of unbranched alkanes of at least 4 members (excludes halogenated alkanes) is 3. The lowest BCUT2D eigenvalue weighted by molar-refractivity contribution is 0.206. The van der Waals surface area contributed by atoms with Crippen LogP contribution in [0.5, 0.6) is 5.75 Å². The standard InChI is InChI=1S/C16H26N2O2/c1-4-5-6-7-8-13(3)20-14-9-10-15(12(2)11-14)16(17)18-19/h9-11,13,19H,4-8H2,1-3H3,(H2,17,18). The quantitative estimate of drug-likeness (QED) is 0.250. The van der Waals surface area contributed by atoms with Crippen molar-refractivity contribution in [2.75, 3.05) is 0 Å². The van der Waals surface area contributed by atoms with Crippen LogP contribution in [0.25, 0.3) is 0 Å². The number of nitrogens with zero attached hydrogens (tertiary/aromatic N) is 1. The Morgan fingerprint density at radius 3 is 2.70 bits per heavy atom. The molecule has 112 valence electrons. The van der Waals surface area contributed by atoms with Gasteiger partial charge in [-0.3, -0.25) is 0 Å². The average molecular weight is 278 g/mol. The Bertz CT molecular complexity index is 444. The van der Waals surface area contributed by atoms with Gasteiger partial charge in [-0.05, 0) is 50.5 Å². The Morgan fingerprint density at radius 1 is 1.35 bits per heavy atom. The van der Waals surface area contributed by atoms with Crippen molar-refractivity contribution in [1.82, 2.24) is 0 Å². The summed E-state index contributed by atoms with van der Waals surface area (Å²) in [4.78, 5) is 0. The second kappa shape index (κ2) is 8.46. The number of oxime groups is 1. The van der Waals surface area contributed by atoms with Crippen LogP contribution in [0, 0.1) is 6.92 Å². The fourth-order valence-corrected chi connectivity index (χ4v) is 2.20. The monoisotopic (exact) mass is 278 g/mol. The zero-order valence-corrected chi connectivity index (χ0v) is 12.7. The zero-order valence-electron chi connectivity index (χ0n) is 12.7. The molecule has 0 saturated carbocycles. The first-order chi connectivity index (χ1) is 9.58. The maximum absolute atomic E-state index is 8.70. The lowest BCUT2D eigenvalue weighted by Gasteiger charge is -2.16. The summed E-state index contributed by atoms with van der Waals surface area (Å²) in [6.45, 7) is 6.23. The van der Waals surface area contributed by atoms with Gasteiger partial charge in [-0.1, -0.05) is 31.3 Å². The topological polar surface area (TPSA) is 67.8 Å². The molecule has 0 saturated heterocycles. The molecule has 3 N–H and O–H groups in total. The summed E-state index contributed by atoms with van der Waals surface area (Å²) in [6, 6.07) is 5.61. The molecule has 1 atom stereocenters. The number of hydrogen-bond acceptors (Lipinski definition) is 3. The molecule has 4 nitrogen and oxygen atoms in total. The summed E-state index contributed by atoms with van der Waals surface area (Å²) in [5, 5.41) is 11.7. The molecule has 0 aromatic heterocycles. The average Bonchev–Trinajstić information content (AvgIpc) is 2.43. The molecular formula is C16H26N2O2. The van der Waals surface area contributed by atoms with E-state index in [0.717, 1.165) is 23.3 Å². The summed E-state index contributed by atoms with van der Waals surface area (Å²) < 4.78 is 5.90. The van der Waals surface area contributed by atoms with Crippen molar-refractivity contribution < 1.29 is 9.94 Å². The van der Waals surface area contributed by atoms with Gasteiger partial charge in [-0.15, -0.1) is 0 Å². The molecule has 0 amide bonds. The van der Waals surface area contributed by atoms with E-state index in [0.29, 0.717) is 0 Å².